The Labute approximate surface area is 125 Å². The highest BCUT2D eigenvalue weighted by Crippen LogP contribution is 2.14. The number of ether oxygens (including phenoxy) is 1. The van der Waals surface area contributed by atoms with Crippen LogP contribution in [0.3, 0.4) is 0 Å². The van der Waals surface area contributed by atoms with Gasteiger partial charge in [-0.15, -0.1) is 0 Å². The number of benzene rings is 1. The van der Waals surface area contributed by atoms with Gasteiger partial charge in [-0.05, 0) is 37.3 Å². The van der Waals surface area contributed by atoms with Crippen molar-refractivity contribution >= 4 is 11.8 Å². The van der Waals surface area contributed by atoms with Gasteiger partial charge in [-0.1, -0.05) is 0 Å². The van der Waals surface area contributed by atoms with Gasteiger partial charge >= 0.3 is 5.97 Å². The van der Waals surface area contributed by atoms with Crippen molar-refractivity contribution in [1.29, 1.82) is 0 Å². The van der Waals surface area contributed by atoms with Gasteiger partial charge in [0.25, 0.3) is 5.56 Å². The van der Waals surface area contributed by atoms with E-state index in [1.807, 2.05) is 6.92 Å². The van der Waals surface area contributed by atoms with E-state index in [-0.39, 0.29) is 5.69 Å². The summed E-state index contributed by atoms with van der Waals surface area (Å²) < 4.78 is 6.19. The fraction of sp³-hybridized carbons (Fsp3) is 0.200. The summed E-state index contributed by atoms with van der Waals surface area (Å²) in [7, 11) is 0. The number of carboxylic acids is 1. The average Bonchev–Trinajstić information content (AvgIpc) is 2.48. The summed E-state index contributed by atoms with van der Waals surface area (Å²) in [5, 5.41) is 13.0. The van der Waals surface area contributed by atoms with Crippen LogP contribution in [0.15, 0.2) is 35.1 Å². The maximum absolute atomic E-state index is 12.2. The van der Waals surface area contributed by atoms with Crippen molar-refractivity contribution in [3.63, 3.8) is 0 Å². The van der Waals surface area contributed by atoms with E-state index in [9.17, 15) is 14.4 Å². The Morgan fingerprint density at radius 1 is 1.27 bits per heavy atom. The molecule has 1 heterocycles. The SMILES string of the molecule is CCOc1ccc(-n2nc(C(C)=O)cc(C(=O)O)c2=O)cc1. The first-order chi connectivity index (χ1) is 10.4. The molecule has 0 bridgehead atoms. The minimum Gasteiger partial charge on any atom is -0.494 e. The van der Waals surface area contributed by atoms with E-state index in [0.717, 1.165) is 10.7 Å². The Balaban J connectivity index is 2.60. The molecular formula is C15H14N2O5. The highest BCUT2D eigenvalue weighted by molar-refractivity contribution is 5.95. The molecule has 0 amide bonds. The molecule has 0 aliphatic heterocycles. The molecule has 0 radical (unpaired) electrons. The lowest BCUT2D eigenvalue weighted by atomic mass is 10.2. The van der Waals surface area contributed by atoms with Gasteiger partial charge in [-0.25, -0.2) is 4.79 Å². The molecule has 0 atom stereocenters. The van der Waals surface area contributed by atoms with Crippen LogP contribution < -0.4 is 10.3 Å². The fourth-order valence-corrected chi connectivity index (χ4v) is 1.85. The molecule has 2 aromatic rings. The van der Waals surface area contributed by atoms with E-state index in [0.29, 0.717) is 18.0 Å². The van der Waals surface area contributed by atoms with E-state index in [1.54, 1.807) is 24.3 Å². The molecule has 1 aromatic heterocycles. The molecule has 0 unspecified atom stereocenters. The van der Waals surface area contributed by atoms with Gasteiger partial charge in [-0.2, -0.15) is 9.78 Å². The number of carboxylic acid groups (broad SMARTS) is 1. The standard InChI is InChI=1S/C15H14N2O5/c1-3-22-11-6-4-10(5-7-11)17-14(19)12(15(20)21)8-13(16-17)9(2)18/h4-8H,3H2,1-2H3,(H,20,21). The van der Waals surface area contributed by atoms with Gasteiger partial charge in [0.1, 0.15) is 17.0 Å². The van der Waals surface area contributed by atoms with E-state index in [1.165, 1.54) is 6.92 Å². The number of Topliss-reactive ketones (excluding diaryl/α,β-unsaturated/α-hetero) is 1. The molecule has 0 aliphatic rings. The smallest absolute Gasteiger partial charge is 0.341 e. The predicted octanol–water partition coefficient (Wildman–Crippen LogP) is 1.53. The molecule has 0 fully saturated rings. The number of hydrogen-bond acceptors (Lipinski definition) is 5. The molecule has 0 saturated heterocycles. The number of hydrogen-bond donors (Lipinski definition) is 1. The summed E-state index contributed by atoms with van der Waals surface area (Å²) in [5.74, 6) is -1.22. The molecule has 22 heavy (non-hydrogen) atoms. The average molecular weight is 302 g/mol. The molecule has 1 N–H and O–H groups in total. The first-order valence-electron chi connectivity index (χ1n) is 6.56. The zero-order valence-electron chi connectivity index (χ0n) is 12.1. The zero-order chi connectivity index (χ0) is 16.3. The third kappa shape index (κ3) is 3.03. The van der Waals surface area contributed by atoms with Crippen molar-refractivity contribution in [2.45, 2.75) is 13.8 Å². The number of ketones is 1. The van der Waals surface area contributed by atoms with Crippen LogP contribution in [0.1, 0.15) is 34.7 Å². The Bertz CT molecular complexity index is 778. The van der Waals surface area contributed by atoms with Crippen molar-refractivity contribution in [1.82, 2.24) is 9.78 Å². The summed E-state index contributed by atoms with van der Waals surface area (Å²) >= 11 is 0. The van der Waals surface area contributed by atoms with E-state index >= 15 is 0 Å². The molecule has 0 spiro atoms. The van der Waals surface area contributed by atoms with Gasteiger partial charge in [-0.3, -0.25) is 9.59 Å². The van der Waals surface area contributed by atoms with Gasteiger partial charge in [0, 0.05) is 6.92 Å². The molecule has 114 valence electrons. The van der Waals surface area contributed by atoms with Crippen LogP contribution in [-0.4, -0.2) is 33.2 Å². The number of rotatable bonds is 5. The zero-order valence-corrected chi connectivity index (χ0v) is 12.1. The largest absolute Gasteiger partial charge is 0.494 e. The lowest BCUT2D eigenvalue weighted by Crippen LogP contribution is -2.29. The minimum atomic E-state index is -1.41. The highest BCUT2D eigenvalue weighted by atomic mass is 16.5. The monoisotopic (exact) mass is 302 g/mol. The first-order valence-corrected chi connectivity index (χ1v) is 6.56. The Morgan fingerprint density at radius 2 is 1.91 bits per heavy atom. The van der Waals surface area contributed by atoms with Crippen LogP contribution >= 0.6 is 0 Å². The highest BCUT2D eigenvalue weighted by Gasteiger charge is 2.17. The van der Waals surface area contributed by atoms with Crippen LogP contribution in [0, 0.1) is 0 Å². The molecular weight excluding hydrogens is 288 g/mol. The second kappa shape index (κ2) is 6.21. The van der Waals surface area contributed by atoms with E-state index in [4.69, 9.17) is 9.84 Å². The number of carbonyl (C=O) groups excluding carboxylic acids is 1. The Morgan fingerprint density at radius 3 is 2.41 bits per heavy atom. The minimum absolute atomic E-state index is 0.0918. The maximum Gasteiger partial charge on any atom is 0.341 e. The van der Waals surface area contributed by atoms with E-state index < -0.39 is 22.9 Å². The molecule has 0 saturated carbocycles. The first kappa shape index (κ1) is 15.4. The van der Waals surface area contributed by atoms with E-state index in [2.05, 4.69) is 5.10 Å². The summed E-state index contributed by atoms with van der Waals surface area (Å²) in [6.07, 6.45) is 0. The number of nitrogens with zero attached hydrogens (tertiary/aromatic N) is 2. The fourth-order valence-electron chi connectivity index (χ4n) is 1.85. The van der Waals surface area contributed by atoms with Crippen LogP contribution in [-0.2, 0) is 0 Å². The normalized spacial score (nSPS) is 10.3. The molecule has 0 aliphatic carbocycles. The van der Waals surface area contributed by atoms with Crippen molar-refractivity contribution in [3.05, 3.63) is 51.9 Å². The van der Waals surface area contributed by atoms with Gasteiger partial charge in [0.2, 0.25) is 0 Å². The number of aromatic carboxylic acids is 1. The Kier molecular flexibility index (Phi) is 4.36. The van der Waals surface area contributed by atoms with Crippen LogP contribution in [0.25, 0.3) is 5.69 Å². The quantitative estimate of drug-likeness (QED) is 0.841. The summed E-state index contributed by atoms with van der Waals surface area (Å²) in [4.78, 5) is 34.8. The van der Waals surface area contributed by atoms with Crippen molar-refractivity contribution in [3.8, 4) is 11.4 Å². The number of carbonyl (C=O) groups is 2. The second-order valence-electron chi connectivity index (χ2n) is 4.45. The van der Waals surface area contributed by atoms with Crippen molar-refractivity contribution < 1.29 is 19.4 Å². The van der Waals surface area contributed by atoms with Crippen LogP contribution in [0.5, 0.6) is 5.75 Å². The lowest BCUT2D eigenvalue weighted by molar-refractivity contribution is 0.0694. The molecule has 2 rings (SSSR count). The van der Waals surface area contributed by atoms with Gasteiger partial charge in [0.15, 0.2) is 5.78 Å². The molecule has 7 heteroatoms. The number of aromatic nitrogens is 2. The Hall–Kier alpha value is -2.96. The van der Waals surface area contributed by atoms with Crippen LogP contribution in [0.2, 0.25) is 0 Å². The summed E-state index contributed by atoms with van der Waals surface area (Å²) in [6.45, 7) is 3.59. The van der Waals surface area contributed by atoms with Crippen LogP contribution in [0.4, 0.5) is 0 Å². The van der Waals surface area contributed by atoms with Crippen molar-refractivity contribution in [2.24, 2.45) is 0 Å². The second-order valence-corrected chi connectivity index (χ2v) is 4.45. The summed E-state index contributed by atoms with van der Waals surface area (Å²) in [6, 6.07) is 7.38. The third-order valence-electron chi connectivity index (χ3n) is 2.89. The van der Waals surface area contributed by atoms with Crippen molar-refractivity contribution in [2.75, 3.05) is 6.61 Å². The third-order valence-corrected chi connectivity index (χ3v) is 2.89. The summed E-state index contributed by atoms with van der Waals surface area (Å²) in [5.41, 5.74) is -1.05. The molecule has 1 aromatic carbocycles. The predicted molar refractivity (Wildman–Crippen MR) is 78.0 cm³/mol. The topological polar surface area (TPSA) is 98.5 Å². The lowest BCUT2D eigenvalue weighted by Gasteiger charge is -2.09. The van der Waals surface area contributed by atoms with Gasteiger partial charge in [0.05, 0.1) is 12.3 Å². The molecule has 7 nitrogen and oxygen atoms in total. The van der Waals surface area contributed by atoms with Gasteiger partial charge < -0.3 is 9.84 Å². The maximum atomic E-state index is 12.2.